The Morgan fingerprint density at radius 2 is 2.25 bits per heavy atom. The maximum absolute atomic E-state index is 5.92. The van der Waals surface area contributed by atoms with Crippen molar-refractivity contribution in [1.29, 1.82) is 0 Å². The van der Waals surface area contributed by atoms with E-state index in [4.69, 9.17) is 17.4 Å². The van der Waals surface area contributed by atoms with Crippen molar-refractivity contribution in [2.75, 3.05) is 0 Å². The Morgan fingerprint density at radius 1 is 1.50 bits per heavy atom. The van der Waals surface area contributed by atoms with Gasteiger partial charge in [0.25, 0.3) is 0 Å². The number of aryl methyl sites for hydroxylation is 1. The zero-order valence-corrected chi connectivity index (χ0v) is 10.4. The Bertz CT molecular complexity index is 404. The smallest absolute Gasteiger partial charge is 0.0471 e. The monoisotopic (exact) mass is 236 g/mol. The highest BCUT2D eigenvalue weighted by Crippen LogP contribution is 2.23. The number of hydrazine groups is 1. The molecule has 1 atom stereocenters. The summed E-state index contributed by atoms with van der Waals surface area (Å²) >= 11 is 5.92. The van der Waals surface area contributed by atoms with E-state index in [1.807, 2.05) is 32.0 Å². The molecule has 86 valence electrons. The van der Waals surface area contributed by atoms with Gasteiger partial charge in [-0.05, 0) is 43.5 Å². The number of halogens is 1. The fourth-order valence-corrected chi connectivity index (χ4v) is 1.93. The average molecular weight is 237 g/mol. The Hall–Kier alpha value is -1.01. The number of rotatable bonds is 4. The Morgan fingerprint density at radius 3 is 2.81 bits per heavy atom. The van der Waals surface area contributed by atoms with E-state index in [0.29, 0.717) is 0 Å². The lowest BCUT2D eigenvalue weighted by Gasteiger charge is -2.17. The third-order valence-corrected chi connectivity index (χ3v) is 2.78. The molecule has 0 spiro atoms. The van der Waals surface area contributed by atoms with Crippen LogP contribution in [-0.4, -0.2) is 0 Å². The molecule has 2 nitrogen and oxygen atoms in total. The first-order valence-electron chi connectivity index (χ1n) is 5.30. The minimum Gasteiger partial charge on any atom is -0.271 e. The van der Waals surface area contributed by atoms with Crippen LogP contribution < -0.4 is 11.3 Å². The SMILES string of the molecule is CC#CCCC(NN)c1ccc(Cl)cc1C. The molecule has 1 unspecified atom stereocenters. The molecule has 0 aromatic heterocycles. The first-order chi connectivity index (χ1) is 7.69. The third kappa shape index (κ3) is 3.53. The number of hydrogen-bond donors (Lipinski definition) is 2. The van der Waals surface area contributed by atoms with Gasteiger partial charge < -0.3 is 0 Å². The lowest BCUT2D eigenvalue weighted by Crippen LogP contribution is -2.28. The van der Waals surface area contributed by atoms with Gasteiger partial charge >= 0.3 is 0 Å². The topological polar surface area (TPSA) is 38.0 Å². The van der Waals surface area contributed by atoms with Crippen LogP contribution in [0.25, 0.3) is 0 Å². The second-order valence-corrected chi connectivity index (χ2v) is 4.12. The lowest BCUT2D eigenvalue weighted by molar-refractivity contribution is 0.521. The predicted molar refractivity (Wildman–Crippen MR) is 68.9 cm³/mol. The summed E-state index contributed by atoms with van der Waals surface area (Å²) in [5.74, 6) is 11.5. The molecular formula is C13H17ClN2. The summed E-state index contributed by atoms with van der Waals surface area (Å²) in [7, 11) is 0. The van der Waals surface area contributed by atoms with Crippen LogP contribution in [0.15, 0.2) is 18.2 Å². The van der Waals surface area contributed by atoms with Gasteiger partial charge in [-0.1, -0.05) is 17.7 Å². The molecule has 1 aromatic carbocycles. The van der Waals surface area contributed by atoms with Crippen molar-refractivity contribution in [3.63, 3.8) is 0 Å². The van der Waals surface area contributed by atoms with Gasteiger partial charge in [-0.3, -0.25) is 11.3 Å². The van der Waals surface area contributed by atoms with Crippen LogP contribution in [0.4, 0.5) is 0 Å². The van der Waals surface area contributed by atoms with E-state index in [1.54, 1.807) is 0 Å². The largest absolute Gasteiger partial charge is 0.271 e. The van der Waals surface area contributed by atoms with Crippen molar-refractivity contribution in [3.05, 3.63) is 34.3 Å². The summed E-state index contributed by atoms with van der Waals surface area (Å²) in [5, 5.41) is 0.755. The number of benzene rings is 1. The average Bonchev–Trinajstić information content (AvgIpc) is 2.26. The first-order valence-corrected chi connectivity index (χ1v) is 5.68. The van der Waals surface area contributed by atoms with Gasteiger partial charge in [0.2, 0.25) is 0 Å². The van der Waals surface area contributed by atoms with Gasteiger partial charge in [0.15, 0.2) is 0 Å². The van der Waals surface area contributed by atoms with E-state index in [1.165, 1.54) is 5.56 Å². The molecule has 0 aliphatic carbocycles. The molecule has 0 radical (unpaired) electrons. The van der Waals surface area contributed by atoms with Crippen molar-refractivity contribution < 1.29 is 0 Å². The quantitative estimate of drug-likeness (QED) is 0.479. The van der Waals surface area contributed by atoms with Gasteiger partial charge in [0.1, 0.15) is 0 Å². The van der Waals surface area contributed by atoms with E-state index in [-0.39, 0.29) is 6.04 Å². The second-order valence-electron chi connectivity index (χ2n) is 3.69. The van der Waals surface area contributed by atoms with Crippen molar-refractivity contribution in [2.45, 2.75) is 32.7 Å². The van der Waals surface area contributed by atoms with E-state index >= 15 is 0 Å². The van der Waals surface area contributed by atoms with Crippen molar-refractivity contribution in [2.24, 2.45) is 5.84 Å². The van der Waals surface area contributed by atoms with E-state index in [0.717, 1.165) is 23.4 Å². The second kappa shape index (κ2) is 6.55. The van der Waals surface area contributed by atoms with Crippen molar-refractivity contribution in [1.82, 2.24) is 5.43 Å². The summed E-state index contributed by atoms with van der Waals surface area (Å²) in [6.07, 6.45) is 1.74. The molecular weight excluding hydrogens is 220 g/mol. The molecule has 0 bridgehead atoms. The lowest BCUT2D eigenvalue weighted by atomic mass is 9.98. The maximum Gasteiger partial charge on any atom is 0.0471 e. The summed E-state index contributed by atoms with van der Waals surface area (Å²) in [4.78, 5) is 0. The summed E-state index contributed by atoms with van der Waals surface area (Å²) in [6.45, 7) is 3.88. The zero-order valence-electron chi connectivity index (χ0n) is 9.68. The van der Waals surface area contributed by atoms with Crippen LogP contribution in [0.5, 0.6) is 0 Å². The standard InChI is InChI=1S/C13H17ClN2/c1-3-4-5-6-13(16-15)12-8-7-11(14)9-10(12)2/h7-9,13,16H,5-6,15H2,1-2H3. The normalized spacial score (nSPS) is 11.8. The van der Waals surface area contributed by atoms with E-state index in [2.05, 4.69) is 17.3 Å². The van der Waals surface area contributed by atoms with Crippen LogP contribution in [0, 0.1) is 18.8 Å². The molecule has 1 rings (SSSR count). The summed E-state index contributed by atoms with van der Waals surface area (Å²) < 4.78 is 0. The molecule has 0 amide bonds. The number of nitrogens with two attached hydrogens (primary N) is 1. The Kier molecular flexibility index (Phi) is 5.34. The van der Waals surface area contributed by atoms with Gasteiger partial charge in [0, 0.05) is 17.5 Å². The molecule has 3 N–H and O–H groups in total. The molecule has 0 aliphatic heterocycles. The van der Waals surface area contributed by atoms with E-state index < -0.39 is 0 Å². The molecule has 0 heterocycles. The zero-order chi connectivity index (χ0) is 12.0. The number of hydrogen-bond acceptors (Lipinski definition) is 2. The highest BCUT2D eigenvalue weighted by Gasteiger charge is 2.11. The van der Waals surface area contributed by atoms with Crippen LogP contribution in [-0.2, 0) is 0 Å². The molecule has 0 saturated heterocycles. The minimum absolute atomic E-state index is 0.137. The van der Waals surface area contributed by atoms with Gasteiger partial charge in [-0.2, -0.15) is 0 Å². The summed E-state index contributed by atoms with van der Waals surface area (Å²) in [5.41, 5.74) is 5.16. The fourth-order valence-electron chi connectivity index (χ4n) is 1.70. The maximum atomic E-state index is 5.92. The molecule has 1 aromatic rings. The van der Waals surface area contributed by atoms with Crippen LogP contribution >= 0.6 is 11.6 Å². The Balaban J connectivity index is 2.80. The van der Waals surface area contributed by atoms with Crippen molar-refractivity contribution in [3.8, 4) is 11.8 Å². The predicted octanol–water partition coefficient (Wildman–Crippen LogP) is 2.96. The number of nitrogens with one attached hydrogen (secondary N) is 1. The highest BCUT2D eigenvalue weighted by atomic mass is 35.5. The first kappa shape index (κ1) is 13.1. The Labute approximate surface area is 102 Å². The van der Waals surface area contributed by atoms with Crippen LogP contribution in [0.2, 0.25) is 5.02 Å². The molecule has 0 saturated carbocycles. The summed E-state index contributed by atoms with van der Waals surface area (Å²) in [6, 6.07) is 5.99. The van der Waals surface area contributed by atoms with Crippen molar-refractivity contribution >= 4 is 11.6 Å². The fraction of sp³-hybridized carbons (Fsp3) is 0.385. The molecule has 3 heteroatoms. The van der Waals surface area contributed by atoms with Gasteiger partial charge in [-0.15, -0.1) is 11.8 Å². The highest BCUT2D eigenvalue weighted by molar-refractivity contribution is 6.30. The van der Waals surface area contributed by atoms with Crippen LogP contribution in [0.1, 0.15) is 36.9 Å². The van der Waals surface area contributed by atoms with Gasteiger partial charge in [0.05, 0.1) is 0 Å². The third-order valence-electron chi connectivity index (χ3n) is 2.54. The molecule has 0 aliphatic rings. The molecule has 16 heavy (non-hydrogen) atoms. The van der Waals surface area contributed by atoms with Gasteiger partial charge in [-0.25, -0.2) is 0 Å². The van der Waals surface area contributed by atoms with E-state index in [9.17, 15) is 0 Å². The molecule has 0 fully saturated rings. The van der Waals surface area contributed by atoms with Crippen LogP contribution in [0.3, 0.4) is 0 Å². The minimum atomic E-state index is 0.137.